The third kappa shape index (κ3) is 9.79. The van der Waals surface area contributed by atoms with Crippen molar-refractivity contribution in [2.75, 3.05) is 13.2 Å². The minimum atomic E-state index is -4.96. The van der Waals surface area contributed by atoms with Crippen LogP contribution in [0.1, 0.15) is 13.8 Å². The SMILES string of the molecule is CC(=O)O[C@H]1[C@H](OC[C@H](O)COS(=O)(=O)[O-])O[C@H](C[As](C)(C)=S)[C@H]1OC(C)=O. The first kappa shape index (κ1) is 25.5. The second kappa shape index (κ2) is 10.5. The van der Waals surface area contributed by atoms with E-state index in [0.29, 0.717) is 5.21 Å². The summed E-state index contributed by atoms with van der Waals surface area (Å²) in [5, 5.41) is 10.1. The van der Waals surface area contributed by atoms with Crippen LogP contribution in [-0.2, 0) is 43.1 Å². The van der Waals surface area contributed by atoms with Crippen molar-refractivity contribution in [1.29, 1.82) is 0 Å². The molecule has 0 aromatic heterocycles. The average Bonchev–Trinajstić information content (AvgIpc) is 2.77. The quantitative estimate of drug-likeness (QED) is 0.180. The average molecular weight is 507 g/mol. The molecule has 0 bridgehead atoms. The van der Waals surface area contributed by atoms with Gasteiger partial charge >= 0.3 is 170 Å². The minimum absolute atomic E-state index is 0.434. The summed E-state index contributed by atoms with van der Waals surface area (Å²) in [4.78, 5) is 22.9. The van der Waals surface area contributed by atoms with E-state index >= 15 is 0 Å². The number of aliphatic hydroxyl groups is 1. The van der Waals surface area contributed by atoms with Crippen LogP contribution in [0.3, 0.4) is 0 Å². The molecule has 5 atom stereocenters. The van der Waals surface area contributed by atoms with E-state index in [1.54, 1.807) is 0 Å². The van der Waals surface area contributed by atoms with Gasteiger partial charge in [-0.2, -0.15) is 0 Å². The number of hydrogen-bond donors (Lipinski definition) is 1. The Morgan fingerprint density at radius 2 is 1.71 bits per heavy atom. The van der Waals surface area contributed by atoms with Gasteiger partial charge in [0.15, 0.2) is 0 Å². The summed E-state index contributed by atoms with van der Waals surface area (Å²) >= 11 is -2.44. The zero-order valence-corrected chi connectivity index (χ0v) is 19.3. The fraction of sp³-hybridized carbons (Fsp3) is 0.857. The van der Waals surface area contributed by atoms with Gasteiger partial charge in [0.05, 0.1) is 0 Å². The topological polar surface area (TPSA) is 158 Å². The molecule has 0 unspecified atom stereocenters. The Bertz CT molecular complexity index is 704. The van der Waals surface area contributed by atoms with Gasteiger partial charge in [-0.15, -0.1) is 0 Å². The number of aliphatic hydroxyl groups excluding tert-OH is 1. The van der Waals surface area contributed by atoms with E-state index in [1.807, 2.05) is 11.4 Å². The summed E-state index contributed by atoms with van der Waals surface area (Å²) in [5.41, 5.74) is 3.86. The van der Waals surface area contributed by atoms with Gasteiger partial charge in [-0.3, -0.25) is 0 Å². The van der Waals surface area contributed by atoms with Gasteiger partial charge in [0, 0.05) is 0 Å². The maximum atomic E-state index is 11.5. The van der Waals surface area contributed by atoms with Crippen LogP contribution < -0.4 is 0 Å². The van der Waals surface area contributed by atoms with Crippen molar-refractivity contribution in [3.05, 3.63) is 0 Å². The van der Waals surface area contributed by atoms with Gasteiger partial charge in [-0.25, -0.2) is 0 Å². The Balaban J connectivity index is 2.89. The molecule has 0 radical (unpaired) electrons. The Kier molecular flexibility index (Phi) is 9.55. The Morgan fingerprint density at radius 1 is 1.18 bits per heavy atom. The van der Waals surface area contributed by atoms with E-state index < -0.39 is 78.1 Å². The summed E-state index contributed by atoms with van der Waals surface area (Å²) in [5.74, 6) is -1.28. The first-order valence-corrected chi connectivity index (χ1v) is 17.2. The van der Waals surface area contributed by atoms with Gasteiger partial charge in [0.2, 0.25) is 0 Å². The van der Waals surface area contributed by atoms with Crippen LogP contribution in [0.2, 0.25) is 16.6 Å². The molecular weight excluding hydrogens is 483 g/mol. The Hall–Kier alpha value is -0.532. The van der Waals surface area contributed by atoms with Crippen molar-refractivity contribution >= 4 is 44.6 Å². The van der Waals surface area contributed by atoms with Crippen molar-refractivity contribution < 1.29 is 50.8 Å². The molecule has 0 saturated carbocycles. The standard InChI is InChI=1S/C14H25AsO11S2/c1-8(16)24-12-11(5-15(3,4)27)26-14(13(12)25-9(2)17)22-6-10(18)7-23-28(19,20)21/h10-14,18H,5-7H2,1-4H3,(H,19,20,21)/p-1/t10-,11+,12+,13+,14+/m0/s1. The zero-order valence-electron chi connectivity index (χ0n) is 15.8. The van der Waals surface area contributed by atoms with Crippen LogP contribution >= 0.6 is 10.4 Å². The van der Waals surface area contributed by atoms with Gasteiger partial charge in [0.25, 0.3) is 0 Å². The van der Waals surface area contributed by atoms with Crippen LogP contribution in [0.25, 0.3) is 0 Å². The van der Waals surface area contributed by atoms with Crippen molar-refractivity contribution in [3.63, 3.8) is 0 Å². The Morgan fingerprint density at radius 3 is 2.18 bits per heavy atom. The number of rotatable bonds is 10. The number of esters is 2. The molecular formula is C14H24AsO11S2-. The van der Waals surface area contributed by atoms with Gasteiger partial charge in [-0.05, 0) is 0 Å². The van der Waals surface area contributed by atoms with E-state index in [2.05, 4.69) is 4.18 Å². The van der Waals surface area contributed by atoms with Crippen molar-refractivity contribution in [2.45, 2.75) is 61.2 Å². The summed E-state index contributed by atoms with van der Waals surface area (Å²) in [6, 6.07) is 0. The molecule has 1 aliphatic rings. The molecule has 0 amide bonds. The number of carbonyl (C=O) groups excluding carboxylic acids is 2. The van der Waals surface area contributed by atoms with Crippen LogP contribution in [0, 0.1) is 0 Å². The molecule has 164 valence electrons. The van der Waals surface area contributed by atoms with E-state index in [1.165, 1.54) is 6.92 Å². The summed E-state index contributed by atoms with van der Waals surface area (Å²) < 4.78 is 56.8. The third-order valence-electron chi connectivity index (χ3n) is 3.35. The molecule has 1 saturated heterocycles. The molecule has 1 rings (SSSR count). The normalized spacial score (nSPS) is 26.6. The van der Waals surface area contributed by atoms with Gasteiger partial charge < -0.3 is 0 Å². The third-order valence-corrected chi connectivity index (χ3v) is 7.15. The number of ether oxygens (including phenoxy) is 4. The van der Waals surface area contributed by atoms with Crippen LogP contribution in [-0.4, -0.2) is 85.8 Å². The molecule has 0 aliphatic carbocycles. The van der Waals surface area contributed by atoms with E-state index in [0.717, 1.165) is 6.92 Å². The summed E-state index contributed by atoms with van der Waals surface area (Å²) in [6.45, 7) is 1.04. The molecule has 0 spiro atoms. The molecule has 28 heavy (non-hydrogen) atoms. The van der Waals surface area contributed by atoms with Crippen molar-refractivity contribution in [3.8, 4) is 0 Å². The molecule has 14 heteroatoms. The molecule has 1 heterocycles. The molecule has 1 aliphatic heterocycles. The second-order valence-corrected chi connectivity index (χ2v) is 20.2. The molecule has 1 N–H and O–H groups in total. The molecule has 0 aromatic rings. The van der Waals surface area contributed by atoms with Crippen LogP contribution in [0.4, 0.5) is 0 Å². The summed E-state index contributed by atoms with van der Waals surface area (Å²) in [6.07, 6.45) is -5.41. The van der Waals surface area contributed by atoms with Gasteiger partial charge in [-0.1, -0.05) is 0 Å². The van der Waals surface area contributed by atoms with E-state index in [9.17, 15) is 27.7 Å². The van der Waals surface area contributed by atoms with Crippen molar-refractivity contribution in [2.24, 2.45) is 0 Å². The van der Waals surface area contributed by atoms with E-state index in [4.69, 9.17) is 29.3 Å². The van der Waals surface area contributed by atoms with Crippen LogP contribution in [0.5, 0.6) is 0 Å². The van der Waals surface area contributed by atoms with Crippen molar-refractivity contribution in [1.82, 2.24) is 0 Å². The predicted molar refractivity (Wildman–Crippen MR) is 97.3 cm³/mol. The first-order chi connectivity index (χ1) is 12.7. The predicted octanol–water partition coefficient (Wildman–Crippen LogP) is -0.168. The van der Waals surface area contributed by atoms with Gasteiger partial charge in [0.1, 0.15) is 0 Å². The fourth-order valence-corrected chi connectivity index (χ4v) is 5.99. The number of carbonyl (C=O) groups is 2. The monoisotopic (exact) mass is 507 g/mol. The van der Waals surface area contributed by atoms with Crippen LogP contribution in [0.15, 0.2) is 0 Å². The fourth-order valence-electron chi connectivity index (χ4n) is 2.47. The maximum absolute atomic E-state index is 11.5. The second-order valence-electron chi connectivity index (χ2n) is 6.63. The Labute approximate surface area is 169 Å². The molecule has 11 nitrogen and oxygen atoms in total. The van der Waals surface area contributed by atoms with E-state index in [-0.39, 0.29) is 0 Å². The summed E-state index contributed by atoms with van der Waals surface area (Å²) in [7, 11) is 0.524. The zero-order chi connectivity index (χ0) is 21.7. The molecule has 0 aromatic carbocycles. The first-order valence-electron chi connectivity index (χ1n) is 8.12. The number of hydrogen-bond acceptors (Lipinski definition) is 12. The molecule has 1 fully saturated rings.